The van der Waals surface area contributed by atoms with Crippen LogP contribution in [0.2, 0.25) is 0 Å². The maximum atomic E-state index is 12.9. The molecule has 0 spiro atoms. The third kappa shape index (κ3) is 5.86. The van der Waals surface area contributed by atoms with E-state index in [1.165, 1.54) is 0 Å². The van der Waals surface area contributed by atoms with E-state index in [4.69, 9.17) is 15.9 Å². The number of hydrogen-bond donors (Lipinski definition) is 2. The Bertz CT molecular complexity index is 1150. The van der Waals surface area contributed by atoms with Crippen LogP contribution in [0.15, 0.2) is 84.9 Å². The molecule has 6 heteroatoms. The Morgan fingerprint density at radius 3 is 2.58 bits per heavy atom. The lowest BCUT2D eigenvalue weighted by Gasteiger charge is -2.29. The summed E-state index contributed by atoms with van der Waals surface area (Å²) in [6.45, 7) is 0.309. The van der Waals surface area contributed by atoms with Crippen LogP contribution in [0.1, 0.15) is 34.6 Å². The molecular formula is C27H24N2O4. The van der Waals surface area contributed by atoms with Gasteiger partial charge in [-0.25, -0.2) is 0 Å². The molecule has 0 radical (unpaired) electrons. The molecule has 3 aromatic rings. The average molecular weight is 440 g/mol. The van der Waals surface area contributed by atoms with Gasteiger partial charge in [0.1, 0.15) is 0 Å². The van der Waals surface area contributed by atoms with E-state index in [9.17, 15) is 9.90 Å². The van der Waals surface area contributed by atoms with Gasteiger partial charge in [0.05, 0.1) is 25.1 Å². The van der Waals surface area contributed by atoms with Crippen LogP contribution in [-0.4, -0.2) is 22.3 Å². The van der Waals surface area contributed by atoms with Crippen molar-refractivity contribution in [1.82, 2.24) is 4.98 Å². The van der Waals surface area contributed by atoms with Crippen molar-refractivity contribution >= 4 is 11.6 Å². The fourth-order valence-corrected chi connectivity index (χ4v) is 3.54. The molecule has 0 saturated carbocycles. The Morgan fingerprint density at radius 2 is 1.91 bits per heavy atom. The van der Waals surface area contributed by atoms with Crippen molar-refractivity contribution < 1.29 is 19.4 Å². The number of aliphatic hydroxyl groups is 1. The first-order valence-corrected chi connectivity index (χ1v) is 10.6. The van der Waals surface area contributed by atoms with Crippen molar-refractivity contribution in [2.75, 3.05) is 5.32 Å². The minimum Gasteiger partial charge on any atom is -0.459 e. The Hall–Kier alpha value is -3.92. The summed E-state index contributed by atoms with van der Waals surface area (Å²) >= 11 is 0. The summed E-state index contributed by atoms with van der Waals surface area (Å²) in [5, 5.41) is 12.0. The van der Waals surface area contributed by atoms with Crippen LogP contribution in [0.3, 0.4) is 0 Å². The predicted octanol–water partition coefficient (Wildman–Crippen LogP) is 4.12. The monoisotopic (exact) mass is 440 g/mol. The Kier molecular flexibility index (Phi) is 7.16. The summed E-state index contributed by atoms with van der Waals surface area (Å²) in [7, 11) is 0. The SMILES string of the molecule is C#Cc1ccc([C@H]2C=C(C(=O)Nc3cccnc3)O[C@@H](OCc3ccc(CO)cc3)C2)cc1. The van der Waals surface area contributed by atoms with Crippen LogP contribution < -0.4 is 5.32 Å². The summed E-state index contributed by atoms with van der Waals surface area (Å²) in [5.74, 6) is 2.36. The minimum absolute atomic E-state index is 0.00673. The van der Waals surface area contributed by atoms with Gasteiger partial charge < -0.3 is 19.9 Å². The fraction of sp³-hybridized carbons (Fsp3) is 0.185. The zero-order valence-corrected chi connectivity index (χ0v) is 18.0. The van der Waals surface area contributed by atoms with E-state index in [-0.39, 0.29) is 24.2 Å². The molecule has 1 aliphatic heterocycles. The molecule has 0 saturated heterocycles. The number of amides is 1. The van der Waals surface area contributed by atoms with E-state index in [1.807, 2.05) is 54.6 Å². The van der Waals surface area contributed by atoms with Gasteiger partial charge in [-0.2, -0.15) is 0 Å². The molecule has 0 aliphatic carbocycles. The van der Waals surface area contributed by atoms with Crippen LogP contribution in [-0.2, 0) is 27.5 Å². The number of terminal acetylenes is 1. The number of hydrogen-bond acceptors (Lipinski definition) is 5. The van der Waals surface area contributed by atoms with Crippen molar-refractivity contribution in [3.63, 3.8) is 0 Å². The van der Waals surface area contributed by atoms with Gasteiger partial charge in [0.25, 0.3) is 5.91 Å². The van der Waals surface area contributed by atoms with E-state index in [1.54, 1.807) is 24.5 Å². The van der Waals surface area contributed by atoms with Gasteiger partial charge in [-0.15, -0.1) is 6.42 Å². The second-order valence-corrected chi connectivity index (χ2v) is 7.67. The highest BCUT2D eigenvalue weighted by molar-refractivity contribution is 6.02. The number of anilines is 1. The normalized spacial score (nSPS) is 17.4. The van der Waals surface area contributed by atoms with E-state index >= 15 is 0 Å². The molecule has 2 N–H and O–H groups in total. The molecule has 4 rings (SSSR count). The van der Waals surface area contributed by atoms with E-state index < -0.39 is 6.29 Å². The number of allylic oxidation sites excluding steroid dienone is 1. The number of benzene rings is 2. The second-order valence-electron chi connectivity index (χ2n) is 7.67. The molecule has 0 unspecified atom stereocenters. The number of pyridine rings is 1. The lowest BCUT2D eigenvalue weighted by Crippen LogP contribution is -2.29. The average Bonchev–Trinajstić information content (AvgIpc) is 2.88. The van der Waals surface area contributed by atoms with Gasteiger partial charge in [0.2, 0.25) is 6.29 Å². The van der Waals surface area contributed by atoms with Gasteiger partial charge in [0.15, 0.2) is 5.76 Å². The molecule has 6 nitrogen and oxygen atoms in total. The first-order chi connectivity index (χ1) is 16.1. The molecule has 166 valence electrons. The molecule has 0 fully saturated rings. The third-order valence-corrected chi connectivity index (χ3v) is 5.35. The zero-order chi connectivity index (χ0) is 23.0. The van der Waals surface area contributed by atoms with Gasteiger partial charge in [-0.1, -0.05) is 42.3 Å². The number of aliphatic hydroxyl groups excluding tert-OH is 1. The molecule has 1 amide bonds. The zero-order valence-electron chi connectivity index (χ0n) is 18.0. The highest BCUT2D eigenvalue weighted by Gasteiger charge is 2.29. The van der Waals surface area contributed by atoms with Crippen molar-refractivity contribution in [2.24, 2.45) is 0 Å². The summed E-state index contributed by atoms with van der Waals surface area (Å²) in [6.07, 6.45) is 10.4. The Balaban J connectivity index is 1.51. The third-order valence-electron chi connectivity index (χ3n) is 5.35. The molecular weight excluding hydrogens is 416 g/mol. The molecule has 1 aliphatic rings. The Labute approximate surface area is 192 Å². The first-order valence-electron chi connectivity index (χ1n) is 10.6. The van der Waals surface area contributed by atoms with Gasteiger partial charge in [-0.05, 0) is 47.0 Å². The molecule has 2 heterocycles. The van der Waals surface area contributed by atoms with E-state index in [0.29, 0.717) is 18.7 Å². The predicted molar refractivity (Wildman–Crippen MR) is 125 cm³/mol. The standard InChI is InChI=1S/C27H24N2O4/c1-2-19-9-11-22(12-10-19)23-14-25(27(31)29-24-4-3-13-28-16-24)33-26(15-23)32-18-21-7-5-20(17-30)6-8-21/h1,3-14,16,23,26,30H,15,17-18H2,(H,29,31)/t23-,26+/m0/s1. The number of carbonyl (C=O) groups is 1. The number of nitrogens with zero attached hydrogens (tertiary/aromatic N) is 1. The van der Waals surface area contributed by atoms with Crippen molar-refractivity contribution in [3.8, 4) is 12.3 Å². The largest absolute Gasteiger partial charge is 0.459 e. The summed E-state index contributed by atoms with van der Waals surface area (Å²) in [4.78, 5) is 16.9. The molecule has 1 aromatic heterocycles. The van der Waals surface area contributed by atoms with Crippen molar-refractivity contribution in [3.05, 3.63) is 107 Å². The topological polar surface area (TPSA) is 80.7 Å². The number of rotatable bonds is 7. The Morgan fingerprint density at radius 1 is 1.15 bits per heavy atom. The van der Waals surface area contributed by atoms with Crippen LogP contribution in [0.4, 0.5) is 5.69 Å². The van der Waals surface area contributed by atoms with Gasteiger partial charge >= 0.3 is 0 Å². The van der Waals surface area contributed by atoms with E-state index in [0.717, 1.165) is 22.3 Å². The highest BCUT2D eigenvalue weighted by atomic mass is 16.7. The molecule has 2 aromatic carbocycles. The lowest BCUT2D eigenvalue weighted by molar-refractivity contribution is -0.147. The number of aromatic nitrogens is 1. The van der Waals surface area contributed by atoms with Crippen LogP contribution >= 0.6 is 0 Å². The molecule has 2 atom stereocenters. The quantitative estimate of drug-likeness (QED) is 0.540. The fourth-order valence-electron chi connectivity index (χ4n) is 3.54. The number of nitrogens with one attached hydrogen (secondary N) is 1. The smallest absolute Gasteiger partial charge is 0.290 e. The van der Waals surface area contributed by atoms with Gasteiger partial charge in [0, 0.05) is 24.1 Å². The summed E-state index contributed by atoms with van der Waals surface area (Å²) < 4.78 is 11.9. The van der Waals surface area contributed by atoms with Crippen LogP contribution in [0.5, 0.6) is 0 Å². The molecule has 0 bridgehead atoms. The van der Waals surface area contributed by atoms with Gasteiger partial charge in [-0.3, -0.25) is 9.78 Å². The van der Waals surface area contributed by atoms with Crippen LogP contribution in [0.25, 0.3) is 0 Å². The summed E-state index contributed by atoms with van der Waals surface area (Å²) in [5.41, 5.74) is 4.17. The highest BCUT2D eigenvalue weighted by Crippen LogP contribution is 2.32. The van der Waals surface area contributed by atoms with Crippen molar-refractivity contribution in [2.45, 2.75) is 31.8 Å². The van der Waals surface area contributed by atoms with E-state index in [2.05, 4.69) is 16.2 Å². The van der Waals surface area contributed by atoms with Crippen molar-refractivity contribution in [1.29, 1.82) is 0 Å². The minimum atomic E-state index is -0.612. The number of carbonyl (C=O) groups excluding carboxylic acids is 1. The lowest BCUT2D eigenvalue weighted by atomic mass is 9.92. The van der Waals surface area contributed by atoms with Crippen LogP contribution in [0, 0.1) is 12.3 Å². The molecule has 33 heavy (non-hydrogen) atoms. The first kappa shape index (κ1) is 22.3. The maximum absolute atomic E-state index is 12.9. The maximum Gasteiger partial charge on any atom is 0.290 e. The second kappa shape index (κ2) is 10.6. The summed E-state index contributed by atoms with van der Waals surface area (Å²) in [6, 6.07) is 18.7. The number of ether oxygens (including phenoxy) is 2.